The van der Waals surface area contributed by atoms with E-state index < -0.39 is 10.0 Å². The van der Waals surface area contributed by atoms with Crippen molar-refractivity contribution in [3.05, 3.63) is 46.8 Å². The Bertz CT molecular complexity index is 660. The van der Waals surface area contributed by atoms with Crippen LogP contribution in [0.5, 0.6) is 0 Å². The van der Waals surface area contributed by atoms with Gasteiger partial charge in [-0.25, -0.2) is 8.42 Å². The van der Waals surface area contributed by atoms with Crippen LogP contribution in [0, 0.1) is 6.92 Å². The Balaban J connectivity index is 2.19. The lowest BCUT2D eigenvalue weighted by Gasteiger charge is -2.16. The summed E-state index contributed by atoms with van der Waals surface area (Å²) in [5, 5.41) is 0. The second-order valence-corrected chi connectivity index (χ2v) is 7.93. The Morgan fingerprint density at radius 2 is 1.79 bits per heavy atom. The molecular formula is C13H16N2O2S2. The van der Waals surface area contributed by atoms with Gasteiger partial charge in [-0.05, 0) is 36.8 Å². The van der Waals surface area contributed by atoms with Crippen molar-refractivity contribution in [3.63, 3.8) is 0 Å². The molecule has 0 spiro atoms. The average Bonchev–Trinajstić information content (AvgIpc) is 2.79. The molecule has 4 nitrogen and oxygen atoms in total. The summed E-state index contributed by atoms with van der Waals surface area (Å²) in [7, 11) is -1.82. The molecule has 0 saturated carbocycles. The fourth-order valence-corrected chi connectivity index (χ4v) is 4.32. The van der Waals surface area contributed by atoms with E-state index in [9.17, 15) is 8.42 Å². The van der Waals surface area contributed by atoms with Gasteiger partial charge in [0.15, 0.2) is 0 Å². The lowest BCUT2D eigenvalue weighted by molar-refractivity contribution is 0.468. The lowest BCUT2D eigenvalue weighted by atomic mass is 10.2. The zero-order chi connectivity index (χ0) is 14.0. The standard InChI is InChI=1S/C13H16N2O2S2/c1-10-3-8-13(18-10)19(16,17)15(2)9-11-4-6-12(14)7-5-11/h3-8H,9,14H2,1-2H3. The first-order valence-electron chi connectivity index (χ1n) is 5.77. The molecule has 0 amide bonds. The van der Waals surface area contributed by atoms with Gasteiger partial charge < -0.3 is 5.73 Å². The van der Waals surface area contributed by atoms with Crippen molar-refractivity contribution >= 4 is 27.0 Å². The lowest BCUT2D eigenvalue weighted by Crippen LogP contribution is -2.25. The van der Waals surface area contributed by atoms with Crippen LogP contribution < -0.4 is 5.73 Å². The van der Waals surface area contributed by atoms with E-state index in [-0.39, 0.29) is 0 Å². The summed E-state index contributed by atoms with van der Waals surface area (Å²) >= 11 is 1.29. The SMILES string of the molecule is Cc1ccc(S(=O)(=O)N(C)Cc2ccc(N)cc2)s1. The first-order chi connectivity index (χ1) is 8.89. The number of benzene rings is 1. The minimum absolute atomic E-state index is 0.333. The maximum atomic E-state index is 12.3. The second-order valence-electron chi connectivity index (χ2n) is 4.37. The molecule has 0 bridgehead atoms. The van der Waals surface area contributed by atoms with Crippen LogP contribution in [-0.4, -0.2) is 19.8 Å². The van der Waals surface area contributed by atoms with Gasteiger partial charge in [-0.2, -0.15) is 4.31 Å². The van der Waals surface area contributed by atoms with Gasteiger partial charge in [0.25, 0.3) is 10.0 Å². The zero-order valence-electron chi connectivity index (χ0n) is 10.8. The van der Waals surface area contributed by atoms with Gasteiger partial charge in [0.05, 0.1) is 0 Å². The van der Waals surface area contributed by atoms with E-state index in [1.54, 1.807) is 25.2 Å². The van der Waals surface area contributed by atoms with E-state index in [0.29, 0.717) is 16.4 Å². The number of nitrogens with zero attached hydrogens (tertiary/aromatic N) is 1. The van der Waals surface area contributed by atoms with Crippen molar-refractivity contribution < 1.29 is 8.42 Å². The molecule has 102 valence electrons. The molecule has 2 aromatic rings. The van der Waals surface area contributed by atoms with Gasteiger partial charge >= 0.3 is 0 Å². The number of hydrogen-bond donors (Lipinski definition) is 1. The van der Waals surface area contributed by atoms with Crippen LogP contribution in [0.25, 0.3) is 0 Å². The summed E-state index contributed by atoms with van der Waals surface area (Å²) in [6.07, 6.45) is 0. The van der Waals surface area contributed by atoms with Crippen molar-refractivity contribution in [2.24, 2.45) is 0 Å². The van der Waals surface area contributed by atoms with Gasteiger partial charge in [0.2, 0.25) is 0 Å². The van der Waals surface area contributed by atoms with Gasteiger partial charge in [-0.3, -0.25) is 0 Å². The van der Waals surface area contributed by atoms with Gasteiger partial charge in [0.1, 0.15) is 4.21 Å². The first-order valence-corrected chi connectivity index (χ1v) is 8.02. The topological polar surface area (TPSA) is 63.4 Å². The normalized spacial score (nSPS) is 11.9. The molecule has 0 aliphatic rings. The fourth-order valence-electron chi connectivity index (χ4n) is 1.67. The molecule has 2 rings (SSSR count). The van der Waals surface area contributed by atoms with Crippen molar-refractivity contribution in [2.45, 2.75) is 17.7 Å². The monoisotopic (exact) mass is 296 g/mol. The minimum Gasteiger partial charge on any atom is -0.399 e. The number of sulfonamides is 1. The zero-order valence-corrected chi connectivity index (χ0v) is 12.5. The maximum absolute atomic E-state index is 12.3. The average molecular weight is 296 g/mol. The molecule has 0 radical (unpaired) electrons. The summed E-state index contributed by atoms with van der Waals surface area (Å²) in [4.78, 5) is 0.986. The highest BCUT2D eigenvalue weighted by Crippen LogP contribution is 2.24. The van der Waals surface area contributed by atoms with E-state index in [1.807, 2.05) is 25.1 Å². The van der Waals surface area contributed by atoms with Crippen molar-refractivity contribution in [1.29, 1.82) is 0 Å². The third kappa shape index (κ3) is 3.15. The summed E-state index contributed by atoms with van der Waals surface area (Å²) in [5.41, 5.74) is 7.19. The van der Waals surface area contributed by atoms with Crippen LogP contribution >= 0.6 is 11.3 Å². The Morgan fingerprint density at radius 3 is 2.32 bits per heavy atom. The van der Waals surface area contributed by atoms with Crippen LogP contribution in [-0.2, 0) is 16.6 Å². The molecule has 0 aliphatic heterocycles. The van der Waals surface area contributed by atoms with Gasteiger partial charge in [-0.15, -0.1) is 11.3 Å². The minimum atomic E-state index is -3.41. The predicted molar refractivity (Wildman–Crippen MR) is 78.6 cm³/mol. The summed E-state index contributed by atoms with van der Waals surface area (Å²) < 4.78 is 26.4. The Labute approximate surface area is 117 Å². The van der Waals surface area contributed by atoms with E-state index in [1.165, 1.54) is 15.6 Å². The molecule has 2 N–H and O–H groups in total. The van der Waals surface area contributed by atoms with Crippen LogP contribution in [0.3, 0.4) is 0 Å². The van der Waals surface area contributed by atoms with E-state index in [4.69, 9.17) is 5.73 Å². The van der Waals surface area contributed by atoms with Gasteiger partial charge in [0, 0.05) is 24.2 Å². The van der Waals surface area contributed by atoms with Crippen LogP contribution in [0.15, 0.2) is 40.6 Å². The van der Waals surface area contributed by atoms with E-state index >= 15 is 0 Å². The molecule has 1 heterocycles. The number of aryl methyl sites for hydroxylation is 1. The van der Waals surface area contributed by atoms with Crippen LogP contribution in [0.4, 0.5) is 5.69 Å². The summed E-state index contributed by atoms with van der Waals surface area (Å²) in [5.74, 6) is 0. The summed E-state index contributed by atoms with van der Waals surface area (Å²) in [6, 6.07) is 10.7. The molecule has 1 aromatic carbocycles. The van der Waals surface area contributed by atoms with E-state index in [0.717, 1.165) is 10.4 Å². The summed E-state index contributed by atoms with van der Waals surface area (Å²) in [6.45, 7) is 2.23. The maximum Gasteiger partial charge on any atom is 0.252 e. The number of nitrogens with two attached hydrogens (primary N) is 1. The number of anilines is 1. The highest BCUT2D eigenvalue weighted by molar-refractivity contribution is 7.91. The second kappa shape index (κ2) is 5.32. The van der Waals surface area contributed by atoms with Crippen LogP contribution in [0.2, 0.25) is 0 Å². The molecule has 0 atom stereocenters. The molecule has 0 unspecified atom stereocenters. The van der Waals surface area contributed by atoms with Crippen LogP contribution in [0.1, 0.15) is 10.4 Å². The Morgan fingerprint density at radius 1 is 1.16 bits per heavy atom. The van der Waals surface area contributed by atoms with Crippen molar-refractivity contribution in [1.82, 2.24) is 4.31 Å². The Kier molecular flexibility index (Phi) is 3.93. The number of rotatable bonds is 4. The van der Waals surface area contributed by atoms with Crippen molar-refractivity contribution in [3.8, 4) is 0 Å². The number of nitrogen functional groups attached to an aromatic ring is 1. The van der Waals surface area contributed by atoms with Gasteiger partial charge in [-0.1, -0.05) is 12.1 Å². The molecule has 6 heteroatoms. The molecule has 0 aliphatic carbocycles. The molecule has 0 saturated heterocycles. The molecule has 0 fully saturated rings. The number of thiophene rings is 1. The third-order valence-electron chi connectivity index (χ3n) is 2.77. The fraction of sp³-hybridized carbons (Fsp3) is 0.231. The smallest absolute Gasteiger partial charge is 0.252 e. The first kappa shape index (κ1) is 14.0. The third-order valence-corrected chi connectivity index (χ3v) is 6.04. The highest BCUT2D eigenvalue weighted by atomic mass is 32.2. The molecular weight excluding hydrogens is 280 g/mol. The molecule has 1 aromatic heterocycles. The molecule has 19 heavy (non-hydrogen) atoms. The number of hydrogen-bond acceptors (Lipinski definition) is 4. The van der Waals surface area contributed by atoms with E-state index in [2.05, 4.69) is 0 Å². The predicted octanol–water partition coefficient (Wildman–Crippen LogP) is 2.46. The highest BCUT2D eigenvalue weighted by Gasteiger charge is 2.22. The largest absolute Gasteiger partial charge is 0.399 e. The Hall–Kier alpha value is -1.37. The quantitative estimate of drug-likeness (QED) is 0.882. The van der Waals surface area contributed by atoms with Crippen molar-refractivity contribution in [2.75, 3.05) is 12.8 Å².